The Kier molecular flexibility index (Phi) is 6.20. The van der Waals surface area contributed by atoms with Crippen molar-refractivity contribution in [2.24, 2.45) is 0 Å². The van der Waals surface area contributed by atoms with Gasteiger partial charge in [0.15, 0.2) is 0 Å². The molecule has 0 aliphatic heterocycles. The van der Waals surface area contributed by atoms with Crippen LogP contribution in [-0.2, 0) is 5.41 Å². The van der Waals surface area contributed by atoms with Gasteiger partial charge in [0.1, 0.15) is 11.2 Å². The monoisotopic (exact) mass is 603 g/mol. The molecule has 224 valence electrons. The molecule has 2 heteroatoms. The number of fused-ring (bicyclic) bond motifs is 6. The number of hydrogen-bond donors (Lipinski definition) is 0. The molecule has 0 fully saturated rings. The number of rotatable bonds is 5. The lowest BCUT2D eigenvalue weighted by Gasteiger charge is -2.32. The highest BCUT2D eigenvalue weighted by molar-refractivity contribution is 6.06. The number of furan rings is 1. The quantitative estimate of drug-likeness (QED) is 0.195. The van der Waals surface area contributed by atoms with Gasteiger partial charge >= 0.3 is 0 Å². The molecule has 1 aliphatic carbocycles. The number of hydrogen-bond acceptors (Lipinski definition) is 2. The first-order valence-corrected chi connectivity index (χ1v) is 16.3. The summed E-state index contributed by atoms with van der Waals surface area (Å²) < 4.78 is 6.10. The normalized spacial score (nSPS) is 13.1. The minimum atomic E-state index is -0.145. The Balaban J connectivity index is 1.18. The molecule has 0 amide bonds. The molecule has 0 spiro atoms. The molecule has 1 aromatic heterocycles. The van der Waals surface area contributed by atoms with Crippen molar-refractivity contribution in [3.8, 4) is 33.4 Å². The van der Waals surface area contributed by atoms with Gasteiger partial charge in [-0.1, -0.05) is 129 Å². The number of nitrogens with zero attached hydrogens (tertiary/aromatic N) is 1. The second-order valence-corrected chi connectivity index (χ2v) is 13.0. The molecule has 0 saturated carbocycles. The van der Waals surface area contributed by atoms with Crippen molar-refractivity contribution >= 4 is 39.0 Å². The van der Waals surface area contributed by atoms with E-state index in [2.05, 4.69) is 170 Å². The van der Waals surface area contributed by atoms with E-state index in [1.165, 1.54) is 50.2 Å². The van der Waals surface area contributed by atoms with Gasteiger partial charge in [0, 0.05) is 27.6 Å². The van der Waals surface area contributed by atoms with Crippen molar-refractivity contribution in [3.05, 3.63) is 175 Å². The van der Waals surface area contributed by atoms with Crippen LogP contribution in [0.5, 0.6) is 0 Å². The lowest BCUT2D eigenvalue weighted by Crippen LogP contribution is -2.20. The molecule has 2 nitrogen and oxygen atoms in total. The van der Waals surface area contributed by atoms with E-state index in [1.807, 2.05) is 12.1 Å². The first-order valence-electron chi connectivity index (χ1n) is 16.3. The maximum atomic E-state index is 6.10. The third kappa shape index (κ3) is 4.40. The van der Waals surface area contributed by atoms with Gasteiger partial charge in [-0.3, -0.25) is 0 Å². The average molecular weight is 604 g/mol. The fourth-order valence-corrected chi connectivity index (χ4v) is 7.57. The molecule has 0 bridgehead atoms. The van der Waals surface area contributed by atoms with Crippen LogP contribution < -0.4 is 4.90 Å². The van der Waals surface area contributed by atoms with Crippen molar-refractivity contribution in [3.63, 3.8) is 0 Å². The van der Waals surface area contributed by atoms with Crippen molar-refractivity contribution < 1.29 is 4.42 Å². The van der Waals surface area contributed by atoms with E-state index < -0.39 is 0 Å². The second-order valence-electron chi connectivity index (χ2n) is 13.0. The highest BCUT2D eigenvalue weighted by Gasteiger charge is 2.38. The number of para-hydroxylation sites is 1. The summed E-state index contributed by atoms with van der Waals surface area (Å²) in [5.74, 6) is 0. The fraction of sp³-hybridized carbons (Fsp3) is 0.0667. The Morgan fingerprint density at radius 3 is 1.79 bits per heavy atom. The van der Waals surface area contributed by atoms with Gasteiger partial charge in [0.2, 0.25) is 0 Å². The highest BCUT2D eigenvalue weighted by atomic mass is 16.3. The van der Waals surface area contributed by atoms with E-state index in [0.717, 1.165) is 33.3 Å². The molecular weight excluding hydrogens is 571 g/mol. The van der Waals surface area contributed by atoms with E-state index in [4.69, 9.17) is 4.42 Å². The van der Waals surface area contributed by atoms with Crippen LogP contribution in [0.4, 0.5) is 17.1 Å². The van der Waals surface area contributed by atoms with Gasteiger partial charge in [-0.05, 0) is 93.0 Å². The summed E-state index contributed by atoms with van der Waals surface area (Å²) in [5.41, 5.74) is 15.3. The Morgan fingerprint density at radius 2 is 1.02 bits per heavy atom. The molecule has 1 aliphatic rings. The first kappa shape index (κ1) is 27.5. The van der Waals surface area contributed by atoms with Crippen molar-refractivity contribution in [1.29, 1.82) is 0 Å². The van der Waals surface area contributed by atoms with Gasteiger partial charge in [-0.2, -0.15) is 0 Å². The van der Waals surface area contributed by atoms with Crippen LogP contribution in [0.1, 0.15) is 25.0 Å². The molecule has 7 aromatic carbocycles. The molecule has 8 aromatic rings. The van der Waals surface area contributed by atoms with E-state index in [9.17, 15) is 0 Å². The Bertz CT molecular complexity index is 2410. The van der Waals surface area contributed by atoms with Crippen LogP contribution in [0.3, 0.4) is 0 Å². The van der Waals surface area contributed by atoms with Crippen molar-refractivity contribution in [2.45, 2.75) is 19.3 Å². The van der Waals surface area contributed by atoms with Crippen LogP contribution in [0, 0.1) is 0 Å². The van der Waals surface area contributed by atoms with Crippen LogP contribution >= 0.6 is 0 Å². The second kappa shape index (κ2) is 10.6. The maximum absolute atomic E-state index is 6.10. The lowest BCUT2D eigenvalue weighted by atomic mass is 9.81. The summed E-state index contributed by atoms with van der Waals surface area (Å²) >= 11 is 0. The van der Waals surface area contributed by atoms with Crippen LogP contribution in [0.15, 0.2) is 168 Å². The van der Waals surface area contributed by atoms with Crippen molar-refractivity contribution in [1.82, 2.24) is 0 Å². The lowest BCUT2D eigenvalue weighted by molar-refractivity contribution is 0.661. The summed E-state index contributed by atoms with van der Waals surface area (Å²) in [6, 6.07) is 58.9. The molecule has 0 radical (unpaired) electrons. The molecule has 1 heterocycles. The highest BCUT2D eigenvalue weighted by Crippen LogP contribution is 2.54. The molecular formula is C45H33NO. The van der Waals surface area contributed by atoms with Gasteiger partial charge in [-0.25, -0.2) is 0 Å². The first-order chi connectivity index (χ1) is 23.1. The van der Waals surface area contributed by atoms with Gasteiger partial charge < -0.3 is 9.32 Å². The summed E-state index contributed by atoms with van der Waals surface area (Å²) in [6.07, 6.45) is 0. The zero-order chi connectivity index (χ0) is 31.5. The zero-order valence-corrected chi connectivity index (χ0v) is 26.4. The average Bonchev–Trinajstić information content (AvgIpc) is 3.61. The topological polar surface area (TPSA) is 16.4 Å². The minimum Gasteiger partial charge on any atom is -0.456 e. The molecule has 0 atom stereocenters. The van der Waals surface area contributed by atoms with E-state index in [-0.39, 0.29) is 5.41 Å². The third-order valence-electron chi connectivity index (χ3n) is 9.87. The Labute approximate surface area is 275 Å². The number of anilines is 3. The standard InChI is InChI=1S/C45H33NO/c1-45(2)40-16-8-6-13-36(40)38-15-10-17-41(44(38)45)46(34-24-19-31(20-25-34)30-11-4-3-5-12-30)35-26-21-32(22-27-35)33-23-28-43-39(29-33)37-14-7-9-18-42(37)47-43/h3-29H,1-2H3. The molecule has 0 saturated heterocycles. The molecule has 0 unspecified atom stereocenters. The molecule has 47 heavy (non-hydrogen) atoms. The van der Waals surface area contributed by atoms with Gasteiger partial charge in [-0.15, -0.1) is 0 Å². The van der Waals surface area contributed by atoms with Gasteiger partial charge in [0.05, 0.1) is 5.69 Å². The largest absolute Gasteiger partial charge is 0.456 e. The minimum absolute atomic E-state index is 0.145. The Hall–Kier alpha value is -5.86. The summed E-state index contributed by atoms with van der Waals surface area (Å²) in [4.78, 5) is 2.43. The summed E-state index contributed by atoms with van der Waals surface area (Å²) in [6.45, 7) is 4.72. The van der Waals surface area contributed by atoms with Crippen LogP contribution in [0.2, 0.25) is 0 Å². The third-order valence-corrected chi connectivity index (χ3v) is 9.87. The zero-order valence-electron chi connectivity index (χ0n) is 26.4. The van der Waals surface area contributed by atoms with E-state index >= 15 is 0 Å². The predicted octanol–water partition coefficient (Wildman–Crippen LogP) is 12.7. The van der Waals surface area contributed by atoms with Crippen LogP contribution in [0.25, 0.3) is 55.3 Å². The van der Waals surface area contributed by atoms with E-state index in [0.29, 0.717) is 0 Å². The Morgan fingerprint density at radius 1 is 0.447 bits per heavy atom. The smallest absolute Gasteiger partial charge is 0.135 e. The van der Waals surface area contributed by atoms with Crippen molar-refractivity contribution in [2.75, 3.05) is 4.90 Å². The SMILES string of the molecule is CC1(C)c2ccccc2-c2cccc(N(c3ccc(-c4ccccc4)cc3)c3ccc(-c4ccc5oc6ccccc6c5c4)cc3)c21. The summed E-state index contributed by atoms with van der Waals surface area (Å²) in [7, 11) is 0. The van der Waals surface area contributed by atoms with Crippen LogP contribution in [-0.4, -0.2) is 0 Å². The molecule has 0 N–H and O–H groups in total. The predicted molar refractivity (Wildman–Crippen MR) is 197 cm³/mol. The molecule has 9 rings (SSSR count). The van der Waals surface area contributed by atoms with E-state index in [1.54, 1.807) is 0 Å². The maximum Gasteiger partial charge on any atom is 0.135 e. The fourth-order valence-electron chi connectivity index (χ4n) is 7.57. The number of benzene rings is 7. The summed E-state index contributed by atoms with van der Waals surface area (Å²) in [5, 5.41) is 2.29. The van der Waals surface area contributed by atoms with Gasteiger partial charge in [0.25, 0.3) is 0 Å².